The molecule has 0 aliphatic carbocycles. The number of para-hydroxylation sites is 1. The molecule has 2 heterocycles. The van der Waals surface area contributed by atoms with E-state index >= 15 is 0 Å². The summed E-state index contributed by atoms with van der Waals surface area (Å²) in [7, 11) is 0. The number of nitrogens with zero attached hydrogens (tertiary/aromatic N) is 2. The summed E-state index contributed by atoms with van der Waals surface area (Å²) in [4.78, 5) is 24.6. The van der Waals surface area contributed by atoms with Crippen LogP contribution in [0.25, 0.3) is 5.69 Å². The summed E-state index contributed by atoms with van der Waals surface area (Å²) in [6.45, 7) is 5.24. The van der Waals surface area contributed by atoms with Crippen LogP contribution in [0.2, 0.25) is 0 Å². The number of nitrogens with one attached hydrogen (secondary N) is 1. The van der Waals surface area contributed by atoms with Crippen LogP contribution in [0.4, 0.5) is 4.39 Å². The van der Waals surface area contributed by atoms with E-state index in [1.54, 1.807) is 24.3 Å². The van der Waals surface area contributed by atoms with Gasteiger partial charge in [0.1, 0.15) is 11.5 Å². The largest absolute Gasteiger partial charge is 0.481 e. The van der Waals surface area contributed by atoms with Crippen molar-refractivity contribution in [2.24, 2.45) is 5.41 Å². The molecule has 1 fully saturated rings. The van der Waals surface area contributed by atoms with Crippen LogP contribution in [0.1, 0.15) is 41.0 Å². The van der Waals surface area contributed by atoms with Gasteiger partial charge in [0.25, 0.3) is 5.91 Å². The van der Waals surface area contributed by atoms with Crippen LogP contribution in [0.3, 0.4) is 0 Å². The maximum absolute atomic E-state index is 14.5. The molecule has 1 atom stereocenters. The predicted molar refractivity (Wildman–Crippen MR) is 122 cm³/mol. The first-order valence-electron chi connectivity index (χ1n) is 10.9. The summed E-state index contributed by atoms with van der Waals surface area (Å²) in [6.07, 6.45) is -0.299. The van der Waals surface area contributed by atoms with E-state index in [-0.39, 0.29) is 29.1 Å². The third-order valence-electron chi connectivity index (χ3n) is 5.71. The van der Waals surface area contributed by atoms with Gasteiger partial charge in [0, 0.05) is 11.5 Å². The zero-order valence-corrected chi connectivity index (χ0v) is 19.0. The van der Waals surface area contributed by atoms with Gasteiger partial charge < -0.3 is 19.9 Å². The summed E-state index contributed by atoms with van der Waals surface area (Å²) in [5.74, 6) is -1.96. The molecule has 34 heavy (non-hydrogen) atoms. The van der Waals surface area contributed by atoms with Crippen molar-refractivity contribution in [1.82, 2.24) is 15.1 Å². The Bertz CT molecular complexity index is 1200. The summed E-state index contributed by atoms with van der Waals surface area (Å²) >= 11 is 0. The molecule has 0 unspecified atom stereocenters. The summed E-state index contributed by atoms with van der Waals surface area (Å²) in [6, 6.07) is 14.0. The van der Waals surface area contributed by atoms with E-state index in [1.807, 2.05) is 26.0 Å². The van der Waals surface area contributed by atoms with Crippen LogP contribution in [-0.2, 0) is 9.53 Å². The Morgan fingerprint density at radius 2 is 1.94 bits per heavy atom. The fourth-order valence-electron chi connectivity index (χ4n) is 3.78. The third-order valence-corrected chi connectivity index (χ3v) is 5.71. The highest BCUT2D eigenvalue weighted by Gasteiger charge is 2.35. The molecule has 1 amide bonds. The molecule has 0 bridgehead atoms. The summed E-state index contributed by atoms with van der Waals surface area (Å²) in [5, 5.41) is 16.4. The van der Waals surface area contributed by atoms with Crippen LogP contribution in [0, 0.1) is 18.2 Å². The minimum Gasteiger partial charge on any atom is -0.481 e. The highest BCUT2D eigenvalue weighted by molar-refractivity contribution is 5.93. The van der Waals surface area contributed by atoms with Crippen molar-refractivity contribution in [3.05, 3.63) is 77.2 Å². The van der Waals surface area contributed by atoms with Crippen LogP contribution < -0.4 is 10.1 Å². The highest BCUT2D eigenvalue weighted by atomic mass is 19.1. The zero-order chi connectivity index (χ0) is 24.3. The second-order valence-corrected chi connectivity index (χ2v) is 8.80. The Balaban J connectivity index is 1.63. The predicted octanol–water partition coefficient (Wildman–Crippen LogP) is 3.68. The zero-order valence-electron chi connectivity index (χ0n) is 19.0. The van der Waals surface area contributed by atoms with Gasteiger partial charge in [-0.2, -0.15) is 9.78 Å². The van der Waals surface area contributed by atoms with E-state index in [1.165, 1.54) is 22.9 Å². The number of hydrogen-bond donors (Lipinski definition) is 2. The van der Waals surface area contributed by atoms with E-state index in [0.29, 0.717) is 25.4 Å². The Labute approximate surface area is 196 Å². The molecule has 1 aliphatic rings. The van der Waals surface area contributed by atoms with Gasteiger partial charge in [-0.3, -0.25) is 9.59 Å². The average Bonchev–Trinajstić information content (AvgIpc) is 3.20. The first-order chi connectivity index (χ1) is 16.3. The molecule has 9 heteroatoms. The average molecular weight is 467 g/mol. The van der Waals surface area contributed by atoms with Crippen molar-refractivity contribution in [2.45, 2.75) is 26.3 Å². The SMILES string of the molecule is Cc1ccccc1[C@H](CC(=O)O)NC(=O)c1cc(OCC2(C)COC2)n(-c2ccccc2F)n1. The Kier molecular flexibility index (Phi) is 6.65. The molecule has 2 N–H and O–H groups in total. The van der Waals surface area contributed by atoms with Gasteiger partial charge in [0.2, 0.25) is 5.88 Å². The van der Waals surface area contributed by atoms with Crippen LogP contribution >= 0.6 is 0 Å². The van der Waals surface area contributed by atoms with Gasteiger partial charge in [0.05, 0.1) is 32.3 Å². The number of ether oxygens (including phenoxy) is 2. The number of carboxylic acid groups (broad SMARTS) is 1. The quantitative estimate of drug-likeness (QED) is 0.498. The van der Waals surface area contributed by atoms with Crippen molar-refractivity contribution in [2.75, 3.05) is 19.8 Å². The number of carboxylic acids is 1. The molecule has 3 aromatic rings. The van der Waals surface area contributed by atoms with E-state index in [2.05, 4.69) is 10.4 Å². The maximum atomic E-state index is 14.5. The minimum atomic E-state index is -1.05. The maximum Gasteiger partial charge on any atom is 0.305 e. The molecule has 4 rings (SSSR count). The molecule has 8 nitrogen and oxygen atoms in total. The molecule has 178 valence electrons. The van der Waals surface area contributed by atoms with E-state index in [4.69, 9.17) is 9.47 Å². The van der Waals surface area contributed by atoms with Gasteiger partial charge in [-0.25, -0.2) is 4.39 Å². The van der Waals surface area contributed by atoms with E-state index in [0.717, 1.165) is 5.56 Å². The Morgan fingerprint density at radius 1 is 1.24 bits per heavy atom. The molecule has 0 spiro atoms. The normalized spacial score (nSPS) is 15.3. The Morgan fingerprint density at radius 3 is 2.59 bits per heavy atom. The van der Waals surface area contributed by atoms with E-state index in [9.17, 15) is 19.1 Å². The molecule has 1 aromatic heterocycles. The molecular weight excluding hydrogens is 441 g/mol. The molecule has 2 aromatic carbocycles. The number of hydrogen-bond acceptors (Lipinski definition) is 5. The van der Waals surface area contributed by atoms with Crippen molar-refractivity contribution in [1.29, 1.82) is 0 Å². The lowest BCUT2D eigenvalue weighted by Gasteiger charge is -2.37. The van der Waals surface area contributed by atoms with Gasteiger partial charge >= 0.3 is 5.97 Å². The van der Waals surface area contributed by atoms with Gasteiger partial charge in [0.15, 0.2) is 5.69 Å². The van der Waals surface area contributed by atoms with Crippen molar-refractivity contribution in [3.8, 4) is 11.6 Å². The monoisotopic (exact) mass is 467 g/mol. The Hall–Kier alpha value is -3.72. The number of carbonyl (C=O) groups excluding carboxylic acids is 1. The number of halogens is 1. The number of aryl methyl sites for hydroxylation is 1. The van der Waals surface area contributed by atoms with Crippen LogP contribution in [-0.4, -0.2) is 46.6 Å². The molecule has 0 radical (unpaired) electrons. The summed E-state index contributed by atoms with van der Waals surface area (Å²) in [5.41, 5.74) is 1.49. The smallest absolute Gasteiger partial charge is 0.305 e. The summed E-state index contributed by atoms with van der Waals surface area (Å²) < 4.78 is 27.0. The van der Waals surface area contributed by atoms with Crippen LogP contribution in [0.15, 0.2) is 54.6 Å². The molecule has 1 saturated heterocycles. The number of carbonyl (C=O) groups is 2. The molecular formula is C25H26FN3O5. The lowest BCUT2D eigenvalue weighted by atomic mass is 9.90. The highest BCUT2D eigenvalue weighted by Crippen LogP contribution is 2.29. The first kappa shape index (κ1) is 23.4. The van der Waals surface area contributed by atoms with E-state index < -0.39 is 23.7 Å². The topological polar surface area (TPSA) is 103 Å². The fraction of sp³-hybridized carbons (Fsp3) is 0.320. The fourth-order valence-corrected chi connectivity index (χ4v) is 3.78. The minimum absolute atomic E-state index is 0.0164. The lowest BCUT2D eigenvalue weighted by Crippen LogP contribution is -2.44. The van der Waals surface area contributed by atoms with Crippen molar-refractivity contribution >= 4 is 11.9 Å². The lowest BCUT2D eigenvalue weighted by molar-refractivity contribution is -0.137. The number of aliphatic carboxylic acids is 1. The third kappa shape index (κ3) is 5.09. The standard InChI is InChI=1S/C25H26FN3O5/c1-16-7-3-4-8-17(16)19(12-23(30)31)27-24(32)20-11-22(34-15-25(2)13-33-14-25)29(28-20)21-10-6-5-9-18(21)26/h3-11,19H,12-15H2,1-2H3,(H,27,32)(H,30,31)/t19-/m0/s1. The number of aromatic nitrogens is 2. The number of benzene rings is 2. The van der Waals surface area contributed by atoms with Gasteiger partial charge in [-0.1, -0.05) is 43.3 Å². The van der Waals surface area contributed by atoms with Crippen LogP contribution in [0.5, 0.6) is 5.88 Å². The molecule has 1 aliphatic heterocycles. The second kappa shape index (κ2) is 9.64. The van der Waals surface area contributed by atoms with Crippen molar-refractivity contribution in [3.63, 3.8) is 0 Å². The number of rotatable bonds is 9. The molecule has 0 saturated carbocycles. The van der Waals surface area contributed by atoms with Crippen molar-refractivity contribution < 1.29 is 28.6 Å². The first-order valence-corrected chi connectivity index (χ1v) is 10.9. The number of amides is 1. The second-order valence-electron chi connectivity index (χ2n) is 8.80. The van der Waals surface area contributed by atoms with Gasteiger partial charge in [-0.05, 0) is 30.2 Å². The van der Waals surface area contributed by atoms with Gasteiger partial charge in [-0.15, -0.1) is 0 Å².